The highest BCUT2D eigenvalue weighted by Gasteiger charge is 2.07. The second-order valence-corrected chi connectivity index (χ2v) is 5.11. The molecule has 0 saturated heterocycles. The zero-order valence-electron chi connectivity index (χ0n) is 13.1. The molecule has 21 heavy (non-hydrogen) atoms. The Morgan fingerprint density at radius 2 is 1.81 bits per heavy atom. The maximum Gasteiger partial charge on any atom is 0.120 e. The van der Waals surface area contributed by atoms with E-state index in [1.54, 1.807) is 7.11 Å². The average Bonchev–Trinajstić information content (AvgIpc) is 2.54. The molecular formula is C18H24N2O. The average molecular weight is 284 g/mol. The van der Waals surface area contributed by atoms with E-state index in [4.69, 9.17) is 4.74 Å². The minimum Gasteiger partial charge on any atom is -0.497 e. The predicted octanol–water partition coefficient (Wildman–Crippen LogP) is 3.44. The molecule has 0 atom stereocenters. The molecule has 112 valence electrons. The van der Waals surface area contributed by atoms with E-state index in [1.807, 2.05) is 12.1 Å². The fourth-order valence-electron chi connectivity index (χ4n) is 2.34. The molecule has 0 spiro atoms. The third kappa shape index (κ3) is 4.23. The number of nitrogens with one attached hydrogen (secondary N) is 1. The Balaban J connectivity index is 2.13. The first kappa shape index (κ1) is 15.4. The van der Waals surface area contributed by atoms with Crippen LogP contribution in [0.25, 0.3) is 0 Å². The van der Waals surface area contributed by atoms with Crippen LogP contribution in [0.1, 0.15) is 18.1 Å². The molecule has 2 aromatic carbocycles. The first-order chi connectivity index (χ1) is 10.2. The van der Waals surface area contributed by atoms with Crippen molar-refractivity contribution in [2.75, 3.05) is 25.6 Å². The molecule has 0 bridgehead atoms. The maximum absolute atomic E-state index is 5.30. The van der Waals surface area contributed by atoms with Crippen LogP contribution < -0.4 is 15.0 Å². The SMILES string of the molecule is CCNCc1ccccc1CN(C)c1cccc(OC)c1. The van der Waals surface area contributed by atoms with Gasteiger partial charge < -0.3 is 15.0 Å². The van der Waals surface area contributed by atoms with Gasteiger partial charge in [0.2, 0.25) is 0 Å². The van der Waals surface area contributed by atoms with Gasteiger partial charge in [0.25, 0.3) is 0 Å². The number of ether oxygens (including phenoxy) is 1. The highest BCUT2D eigenvalue weighted by molar-refractivity contribution is 5.50. The van der Waals surface area contributed by atoms with E-state index >= 15 is 0 Å². The van der Waals surface area contributed by atoms with Gasteiger partial charge in [0.15, 0.2) is 0 Å². The summed E-state index contributed by atoms with van der Waals surface area (Å²) in [5.41, 5.74) is 3.87. The van der Waals surface area contributed by atoms with Gasteiger partial charge in [0, 0.05) is 31.9 Å². The second kappa shape index (κ2) is 7.70. The third-order valence-corrected chi connectivity index (χ3v) is 3.59. The van der Waals surface area contributed by atoms with Gasteiger partial charge in [0.1, 0.15) is 5.75 Å². The quantitative estimate of drug-likeness (QED) is 0.843. The Labute approximate surface area is 127 Å². The molecule has 0 radical (unpaired) electrons. The first-order valence-electron chi connectivity index (χ1n) is 7.37. The molecule has 1 N–H and O–H groups in total. The molecule has 2 rings (SSSR count). The summed E-state index contributed by atoms with van der Waals surface area (Å²) in [7, 11) is 3.81. The van der Waals surface area contributed by atoms with Crippen LogP contribution in [-0.4, -0.2) is 20.7 Å². The standard InChI is InChI=1S/C18H24N2O/c1-4-19-13-15-8-5-6-9-16(15)14-20(2)17-10-7-11-18(12-17)21-3/h5-12,19H,4,13-14H2,1-3H3. The van der Waals surface area contributed by atoms with Crippen LogP contribution >= 0.6 is 0 Å². The number of benzene rings is 2. The van der Waals surface area contributed by atoms with Crippen molar-refractivity contribution >= 4 is 5.69 Å². The van der Waals surface area contributed by atoms with E-state index < -0.39 is 0 Å². The number of hydrogen-bond donors (Lipinski definition) is 1. The lowest BCUT2D eigenvalue weighted by Crippen LogP contribution is -2.19. The molecule has 0 aliphatic carbocycles. The van der Waals surface area contributed by atoms with E-state index in [9.17, 15) is 0 Å². The van der Waals surface area contributed by atoms with Crippen molar-refractivity contribution in [3.05, 3.63) is 59.7 Å². The molecule has 2 aromatic rings. The molecule has 0 aliphatic heterocycles. The Morgan fingerprint density at radius 1 is 1.05 bits per heavy atom. The number of anilines is 1. The summed E-state index contributed by atoms with van der Waals surface area (Å²) < 4.78 is 5.30. The van der Waals surface area contributed by atoms with Crippen LogP contribution in [0.3, 0.4) is 0 Å². The van der Waals surface area contributed by atoms with Crippen molar-refractivity contribution in [2.24, 2.45) is 0 Å². The largest absolute Gasteiger partial charge is 0.497 e. The maximum atomic E-state index is 5.30. The van der Waals surface area contributed by atoms with Gasteiger partial charge >= 0.3 is 0 Å². The molecule has 0 saturated carbocycles. The van der Waals surface area contributed by atoms with Crippen LogP contribution in [-0.2, 0) is 13.1 Å². The van der Waals surface area contributed by atoms with Gasteiger partial charge in [-0.2, -0.15) is 0 Å². The third-order valence-electron chi connectivity index (χ3n) is 3.59. The Kier molecular flexibility index (Phi) is 5.64. The predicted molar refractivity (Wildman–Crippen MR) is 88.9 cm³/mol. The van der Waals surface area contributed by atoms with Crippen molar-refractivity contribution in [2.45, 2.75) is 20.0 Å². The van der Waals surface area contributed by atoms with Crippen LogP contribution in [0.2, 0.25) is 0 Å². The lowest BCUT2D eigenvalue weighted by atomic mass is 10.1. The summed E-state index contributed by atoms with van der Waals surface area (Å²) in [5.74, 6) is 0.889. The highest BCUT2D eigenvalue weighted by atomic mass is 16.5. The summed E-state index contributed by atoms with van der Waals surface area (Å²) in [6.07, 6.45) is 0. The summed E-state index contributed by atoms with van der Waals surface area (Å²) in [6.45, 7) is 4.92. The van der Waals surface area contributed by atoms with E-state index in [0.29, 0.717) is 0 Å². The highest BCUT2D eigenvalue weighted by Crippen LogP contribution is 2.22. The zero-order valence-corrected chi connectivity index (χ0v) is 13.1. The van der Waals surface area contributed by atoms with Gasteiger partial charge in [0.05, 0.1) is 7.11 Å². The molecule has 0 heterocycles. The van der Waals surface area contributed by atoms with E-state index in [1.165, 1.54) is 11.1 Å². The minimum absolute atomic E-state index is 0.884. The van der Waals surface area contributed by atoms with E-state index in [0.717, 1.165) is 31.1 Å². The molecule has 0 amide bonds. The van der Waals surface area contributed by atoms with Gasteiger partial charge in [-0.05, 0) is 29.8 Å². The number of hydrogen-bond acceptors (Lipinski definition) is 3. The molecule has 0 fully saturated rings. The van der Waals surface area contributed by atoms with Crippen molar-refractivity contribution in [3.63, 3.8) is 0 Å². The van der Waals surface area contributed by atoms with E-state index in [2.05, 4.69) is 60.6 Å². The van der Waals surface area contributed by atoms with Crippen LogP contribution in [0.15, 0.2) is 48.5 Å². The monoisotopic (exact) mass is 284 g/mol. The topological polar surface area (TPSA) is 24.5 Å². The molecule has 0 aromatic heterocycles. The molecule has 3 heteroatoms. The lowest BCUT2D eigenvalue weighted by Gasteiger charge is -2.21. The van der Waals surface area contributed by atoms with Gasteiger partial charge in [-0.1, -0.05) is 37.3 Å². The zero-order chi connectivity index (χ0) is 15.1. The molecular weight excluding hydrogens is 260 g/mol. The summed E-state index contributed by atoms with van der Waals surface area (Å²) in [5, 5.41) is 3.40. The Morgan fingerprint density at radius 3 is 2.52 bits per heavy atom. The van der Waals surface area contributed by atoms with Crippen LogP contribution in [0.5, 0.6) is 5.75 Å². The van der Waals surface area contributed by atoms with Gasteiger partial charge in [-0.15, -0.1) is 0 Å². The minimum atomic E-state index is 0.884. The Hall–Kier alpha value is -2.00. The van der Waals surface area contributed by atoms with Gasteiger partial charge in [-0.3, -0.25) is 0 Å². The number of nitrogens with zero attached hydrogens (tertiary/aromatic N) is 1. The molecule has 3 nitrogen and oxygen atoms in total. The summed E-state index contributed by atoms with van der Waals surface area (Å²) in [6, 6.07) is 16.8. The van der Waals surface area contributed by atoms with Crippen molar-refractivity contribution in [1.82, 2.24) is 5.32 Å². The van der Waals surface area contributed by atoms with E-state index in [-0.39, 0.29) is 0 Å². The molecule has 0 unspecified atom stereocenters. The lowest BCUT2D eigenvalue weighted by molar-refractivity contribution is 0.415. The first-order valence-corrected chi connectivity index (χ1v) is 7.37. The summed E-state index contributed by atoms with van der Waals surface area (Å²) in [4.78, 5) is 2.24. The van der Waals surface area contributed by atoms with Crippen LogP contribution in [0.4, 0.5) is 5.69 Å². The van der Waals surface area contributed by atoms with Crippen molar-refractivity contribution in [1.29, 1.82) is 0 Å². The number of rotatable bonds is 7. The van der Waals surface area contributed by atoms with Gasteiger partial charge in [-0.25, -0.2) is 0 Å². The summed E-state index contributed by atoms with van der Waals surface area (Å²) >= 11 is 0. The second-order valence-electron chi connectivity index (χ2n) is 5.11. The smallest absolute Gasteiger partial charge is 0.120 e. The fourth-order valence-corrected chi connectivity index (χ4v) is 2.34. The Bertz CT molecular complexity index is 569. The molecule has 0 aliphatic rings. The number of methoxy groups -OCH3 is 1. The fraction of sp³-hybridized carbons (Fsp3) is 0.333. The van der Waals surface area contributed by atoms with Crippen molar-refractivity contribution < 1.29 is 4.74 Å². The van der Waals surface area contributed by atoms with Crippen LogP contribution in [0, 0.1) is 0 Å². The van der Waals surface area contributed by atoms with Crippen molar-refractivity contribution in [3.8, 4) is 5.75 Å². The normalized spacial score (nSPS) is 10.4.